The highest BCUT2D eigenvalue weighted by Crippen LogP contribution is 2.32. The number of hydrogen-bond acceptors (Lipinski definition) is 8. The number of piperidine rings is 1. The second-order valence-corrected chi connectivity index (χ2v) is 11.9. The summed E-state index contributed by atoms with van der Waals surface area (Å²) in [7, 11) is 0. The number of carbonyl (C=O) groups excluding carboxylic acids is 1. The molecular formula is C29H31Cl2N5O3S. The molecule has 210 valence electrons. The van der Waals surface area contributed by atoms with Gasteiger partial charge in [-0.1, -0.05) is 53.2 Å². The zero-order chi connectivity index (χ0) is 27.5. The Hall–Kier alpha value is -2.56. The zero-order valence-electron chi connectivity index (χ0n) is 22.1. The maximum atomic E-state index is 13.2. The van der Waals surface area contributed by atoms with Gasteiger partial charge in [0, 0.05) is 80.2 Å². The smallest absolute Gasteiger partial charge is 0.253 e. The topological polar surface area (TPSA) is 71.0 Å². The molecule has 0 saturated carbocycles. The Morgan fingerprint density at radius 1 is 0.875 bits per heavy atom. The van der Waals surface area contributed by atoms with E-state index >= 15 is 0 Å². The summed E-state index contributed by atoms with van der Waals surface area (Å²) in [4.78, 5) is 28.9. The van der Waals surface area contributed by atoms with Crippen LogP contribution in [0.4, 0.5) is 11.5 Å². The number of benzene rings is 2. The van der Waals surface area contributed by atoms with E-state index in [1.807, 2.05) is 53.4 Å². The lowest BCUT2D eigenvalue weighted by molar-refractivity contribution is -0.181. The number of hydrogen-bond donors (Lipinski definition) is 0. The van der Waals surface area contributed by atoms with Crippen LogP contribution < -0.4 is 9.80 Å². The Kier molecular flexibility index (Phi) is 8.37. The number of halogens is 2. The Bertz CT molecular complexity index is 1360. The van der Waals surface area contributed by atoms with Crippen molar-refractivity contribution < 1.29 is 14.3 Å². The van der Waals surface area contributed by atoms with E-state index in [1.54, 1.807) is 0 Å². The van der Waals surface area contributed by atoms with Crippen LogP contribution in [0.3, 0.4) is 0 Å². The first kappa shape index (κ1) is 27.6. The van der Waals surface area contributed by atoms with E-state index in [0.29, 0.717) is 60.8 Å². The third kappa shape index (κ3) is 6.34. The minimum absolute atomic E-state index is 0.0397. The van der Waals surface area contributed by atoms with Crippen molar-refractivity contribution >= 4 is 52.4 Å². The molecule has 40 heavy (non-hydrogen) atoms. The molecule has 0 aliphatic carbocycles. The number of rotatable bonds is 6. The predicted molar refractivity (Wildman–Crippen MR) is 159 cm³/mol. The van der Waals surface area contributed by atoms with Gasteiger partial charge in [-0.25, -0.2) is 9.97 Å². The van der Waals surface area contributed by atoms with Crippen molar-refractivity contribution in [2.45, 2.75) is 29.5 Å². The molecule has 3 fully saturated rings. The van der Waals surface area contributed by atoms with Gasteiger partial charge in [0.25, 0.3) is 5.91 Å². The molecule has 3 saturated heterocycles. The van der Waals surface area contributed by atoms with Crippen molar-refractivity contribution in [3.63, 3.8) is 0 Å². The lowest BCUT2D eigenvalue weighted by atomic mass is 10.0. The number of carbonyl (C=O) groups is 1. The molecular weight excluding hydrogens is 569 g/mol. The second-order valence-electron chi connectivity index (χ2n) is 10.2. The fourth-order valence-electron chi connectivity index (χ4n) is 5.44. The van der Waals surface area contributed by atoms with Gasteiger partial charge in [0.2, 0.25) is 0 Å². The molecule has 0 bridgehead atoms. The van der Waals surface area contributed by atoms with Crippen LogP contribution >= 0.6 is 35.0 Å². The number of amides is 1. The van der Waals surface area contributed by atoms with Crippen LogP contribution in [-0.2, 0) is 15.2 Å². The molecule has 3 aromatic rings. The van der Waals surface area contributed by atoms with E-state index in [4.69, 9.17) is 37.7 Å². The van der Waals surface area contributed by atoms with Crippen molar-refractivity contribution in [2.75, 3.05) is 62.3 Å². The van der Waals surface area contributed by atoms with E-state index in [0.717, 1.165) is 48.3 Å². The highest BCUT2D eigenvalue weighted by atomic mass is 35.5. The number of thioether (sulfide) groups is 1. The first-order valence-electron chi connectivity index (χ1n) is 13.6. The first-order chi connectivity index (χ1) is 19.5. The average Bonchev–Trinajstić information content (AvgIpc) is 3.44. The quantitative estimate of drug-likeness (QED) is 0.212. The summed E-state index contributed by atoms with van der Waals surface area (Å²) in [5.74, 6) is 1.01. The van der Waals surface area contributed by atoms with Crippen LogP contribution in [0.2, 0.25) is 10.2 Å². The lowest BCUT2D eigenvalue weighted by Crippen LogP contribution is -2.47. The molecule has 8 nitrogen and oxygen atoms in total. The number of ether oxygens (including phenoxy) is 2. The summed E-state index contributed by atoms with van der Waals surface area (Å²) in [6.07, 6.45) is 1.41. The standard InChI is InChI=1S/C29H31Cl2N5O3S/c30-23-5-2-6-24(18-23)34-11-13-35(14-12-34)26-19-25(31)32-28(33-26)40-20-21-3-1-4-22(17-21)27(37)36-9-7-29(8-10-36)38-15-16-39-29/h1-6,17-19H,7-16,20H2. The lowest BCUT2D eigenvalue weighted by Gasteiger charge is -2.37. The van der Waals surface area contributed by atoms with Crippen molar-refractivity contribution in [3.8, 4) is 0 Å². The van der Waals surface area contributed by atoms with Crippen molar-refractivity contribution in [3.05, 3.63) is 75.9 Å². The minimum Gasteiger partial charge on any atom is -0.368 e. The van der Waals surface area contributed by atoms with E-state index in [-0.39, 0.29) is 5.91 Å². The minimum atomic E-state index is -0.491. The van der Waals surface area contributed by atoms with Crippen molar-refractivity contribution in [1.29, 1.82) is 0 Å². The van der Waals surface area contributed by atoms with E-state index in [2.05, 4.69) is 20.9 Å². The van der Waals surface area contributed by atoms with Gasteiger partial charge in [0.1, 0.15) is 11.0 Å². The molecule has 4 heterocycles. The van der Waals surface area contributed by atoms with Crippen LogP contribution in [-0.4, -0.2) is 79.0 Å². The molecule has 1 spiro atoms. The number of piperazine rings is 1. The van der Waals surface area contributed by atoms with Crippen LogP contribution in [0, 0.1) is 0 Å². The third-order valence-electron chi connectivity index (χ3n) is 7.61. The molecule has 1 amide bonds. The molecule has 3 aliphatic heterocycles. The van der Waals surface area contributed by atoms with Gasteiger partial charge in [0.15, 0.2) is 10.9 Å². The molecule has 0 unspecified atom stereocenters. The molecule has 0 radical (unpaired) electrons. The predicted octanol–water partition coefficient (Wildman–Crippen LogP) is 5.38. The van der Waals surface area contributed by atoms with Gasteiger partial charge < -0.3 is 24.2 Å². The van der Waals surface area contributed by atoms with Gasteiger partial charge in [-0.2, -0.15) is 0 Å². The molecule has 3 aliphatic rings. The number of aromatic nitrogens is 2. The molecule has 0 N–H and O–H groups in total. The Labute approximate surface area is 248 Å². The van der Waals surface area contributed by atoms with Crippen molar-refractivity contribution in [2.24, 2.45) is 0 Å². The molecule has 1 aromatic heterocycles. The van der Waals surface area contributed by atoms with E-state index < -0.39 is 5.79 Å². The molecule has 2 aromatic carbocycles. The summed E-state index contributed by atoms with van der Waals surface area (Å²) in [6.45, 7) is 5.90. The Morgan fingerprint density at radius 3 is 2.35 bits per heavy atom. The van der Waals surface area contributed by atoms with Crippen LogP contribution in [0.5, 0.6) is 0 Å². The van der Waals surface area contributed by atoms with Gasteiger partial charge in [-0.05, 0) is 35.9 Å². The Morgan fingerprint density at radius 2 is 1.60 bits per heavy atom. The second kappa shape index (κ2) is 12.1. The number of likely N-dealkylation sites (tertiary alicyclic amines) is 1. The summed E-state index contributed by atoms with van der Waals surface area (Å²) in [5, 5.41) is 1.79. The average molecular weight is 601 g/mol. The molecule has 6 rings (SSSR count). The monoisotopic (exact) mass is 599 g/mol. The summed E-state index contributed by atoms with van der Waals surface area (Å²) in [6, 6.07) is 17.6. The third-order valence-corrected chi connectivity index (χ3v) is 8.95. The fourth-order valence-corrected chi connectivity index (χ4v) is 6.65. The van der Waals surface area contributed by atoms with E-state index in [9.17, 15) is 4.79 Å². The van der Waals surface area contributed by atoms with Gasteiger partial charge in [-0.3, -0.25) is 4.79 Å². The highest BCUT2D eigenvalue weighted by molar-refractivity contribution is 7.98. The number of nitrogens with zero attached hydrogens (tertiary/aromatic N) is 5. The van der Waals surface area contributed by atoms with Gasteiger partial charge in [-0.15, -0.1) is 0 Å². The largest absolute Gasteiger partial charge is 0.368 e. The van der Waals surface area contributed by atoms with Gasteiger partial charge in [0.05, 0.1) is 13.2 Å². The maximum absolute atomic E-state index is 13.2. The summed E-state index contributed by atoms with van der Waals surface area (Å²) >= 11 is 14.1. The molecule has 11 heteroatoms. The fraction of sp³-hybridized carbons (Fsp3) is 0.414. The normalized spacial score (nSPS) is 18.9. The Balaban J connectivity index is 1.06. The van der Waals surface area contributed by atoms with Crippen LogP contribution in [0.25, 0.3) is 0 Å². The first-order valence-corrected chi connectivity index (χ1v) is 15.3. The maximum Gasteiger partial charge on any atom is 0.253 e. The van der Waals surface area contributed by atoms with Crippen molar-refractivity contribution in [1.82, 2.24) is 14.9 Å². The zero-order valence-corrected chi connectivity index (χ0v) is 24.4. The van der Waals surface area contributed by atoms with Crippen LogP contribution in [0.1, 0.15) is 28.8 Å². The summed E-state index contributed by atoms with van der Waals surface area (Å²) < 4.78 is 11.6. The van der Waals surface area contributed by atoms with Crippen LogP contribution in [0.15, 0.2) is 59.8 Å². The van der Waals surface area contributed by atoms with E-state index in [1.165, 1.54) is 11.8 Å². The van der Waals surface area contributed by atoms with Gasteiger partial charge >= 0.3 is 0 Å². The highest BCUT2D eigenvalue weighted by Gasteiger charge is 2.40. The SMILES string of the molecule is O=C(c1cccc(CSc2nc(Cl)cc(N3CCN(c4cccc(Cl)c4)CC3)n2)c1)N1CCC2(CC1)OCCO2. The number of anilines is 2. The summed E-state index contributed by atoms with van der Waals surface area (Å²) in [5.41, 5.74) is 2.85. The molecule has 0 atom stereocenters.